The molecule has 1 unspecified atom stereocenters. The molecular weight excluding hydrogens is 226 g/mol. The summed E-state index contributed by atoms with van der Waals surface area (Å²) in [5.74, 6) is 0.717. The number of likely N-dealkylation sites (N-methyl/N-ethyl adjacent to an activating group) is 1. The highest BCUT2D eigenvalue weighted by atomic mass is 16.1. The number of hydrogen-bond donors (Lipinski definition) is 1. The summed E-state index contributed by atoms with van der Waals surface area (Å²) >= 11 is 0. The lowest BCUT2D eigenvalue weighted by Crippen LogP contribution is -2.36. The van der Waals surface area contributed by atoms with Gasteiger partial charge in [0, 0.05) is 12.6 Å². The van der Waals surface area contributed by atoms with Crippen molar-refractivity contribution >= 4 is 11.0 Å². The summed E-state index contributed by atoms with van der Waals surface area (Å²) < 4.78 is 1.84. The van der Waals surface area contributed by atoms with E-state index in [1.165, 1.54) is 19.0 Å². The molecule has 0 saturated heterocycles. The number of rotatable bonds is 4. The summed E-state index contributed by atoms with van der Waals surface area (Å²) in [4.78, 5) is 16.2. The Morgan fingerprint density at radius 3 is 2.94 bits per heavy atom. The number of nitrogens with one attached hydrogen (secondary N) is 1. The number of hydrogen-bond acceptors (Lipinski definition) is 3. The molecule has 1 aromatic carbocycles. The zero-order valence-corrected chi connectivity index (χ0v) is 10.5. The van der Waals surface area contributed by atoms with Crippen LogP contribution in [-0.4, -0.2) is 22.6 Å². The highest BCUT2D eigenvalue weighted by molar-refractivity contribution is 5.74. The van der Waals surface area contributed by atoms with Gasteiger partial charge in [-0.05, 0) is 37.9 Å². The van der Waals surface area contributed by atoms with Crippen LogP contribution in [0.5, 0.6) is 0 Å². The lowest BCUT2D eigenvalue weighted by Gasteiger charge is -2.18. The van der Waals surface area contributed by atoms with E-state index in [9.17, 15) is 4.79 Å². The SMILES string of the molecule is CNC(Cn1c(=O)cnc2ccccc21)C1CC1. The summed E-state index contributed by atoms with van der Waals surface area (Å²) in [5.41, 5.74) is 1.78. The Kier molecular flexibility index (Phi) is 2.88. The smallest absolute Gasteiger partial charge is 0.269 e. The Bertz CT molecular complexity index is 616. The van der Waals surface area contributed by atoms with E-state index >= 15 is 0 Å². The van der Waals surface area contributed by atoms with Gasteiger partial charge in [-0.25, -0.2) is 4.98 Å². The van der Waals surface area contributed by atoms with E-state index in [4.69, 9.17) is 0 Å². The molecule has 94 valence electrons. The molecular formula is C14H17N3O. The molecule has 0 amide bonds. The van der Waals surface area contributed by atoms with Crippen LogP contribution in [0.4, 0.5) is 0 Å². The van der Waals surface area contributed by atoms with Gasteiger partial charge in [0.1, 0.15) is 0 Å². The lowest BCUT2D eigenvalue weighted by atomic mass is 10.2. The summed E-state index contributed by atoms with van der Waals surface area (Å²) in [7, 11) is 1.97. The topological polar surface area (TPSA) is 46.9 Å². The van der Waals surface area contributed by atoms with Gasteiger partial charge in [0.25, 0.3) is 5.56 Å². The highest BCUT2D eigenvalue weighted by Crippen LogP contribution is 2.33. The molecule has 1 aliphatic rings. The molecule has 1 fully saturated rings. The average molecular weight is 243 g/mol. The fourth-order valence-corrected chi connectivity index (χ4v) is 2.47. The Labute approximate surface area is 106 Å². The number of benzene rings is 1. The maximum atomic E-state index is 12.0. The Morgan fingerprint density at radius 1 is 1.44 bits per heavy atom. The fraction of sp³-hybridized carbons (Fsp3) is 0.429. The van der Waals surface area contributed by atoms with Crippen LogP contribution in [0.15, 0.2) is 35.3 Å². The van der Waals surface area contributed by atoms with Crippen molar-refractivity contribution in [3.05, 3.63) is 40.8 Å². The Morgan fingerprint density at radius 2 is 2.22 bits per heavy atom. The van der Waals surface area contributed by atoms with Crippen molar-refractivity contribution in [2.45, 2.75) is 25.4 Å². The van der Waals surface area contributed by atoms with Gasteiger partial charge in [-0.3, -0.25) is 4.79 Å². The van der Waals surface area contributed by atoms with Gasteiger partial charge in [-0.1, -0.05) is 12.1 Å². The highest BCUT2D eigenvalue weighted by Gasteiger charge is 2.30. The minimum atomic E-state index is -0.0189. The van der Waals surface area contributed by atoms with Crippen molar-refractivity contribution < 1.29 is 0 Å². The summed E-state index contributed by atoms with van der Waals surface area (Å²) in [5, 5.41) is 3.32. The molecule has 4 nitrogen and oxygen atoms in total. The van der Waals surface area contributed by atoms with Crippen LogP contribution in [0, 0.1) is 5.92 Å². The number of nitrogens with zero attached hydrogens (tertiary/aromatic N) is 2. The van der Waals surface area contributed by atoms with Crippen LogP contribution in [0.3, 0.4) is 0 Å². The maximum Gasteiger partial charge on any atom is 0.269 e. The van der Waals surface area contributed by atoms with Crippen LogP contribution in [0.1, 0.15) is 12.8 Å². The van der Waals surface area contributed by atoms with Gasteiger partial charge in [-0.15, -0.1) is 0 Å². The lowest BCUT2D eigenvalue weighted by molar-refractivity contribution is 0.436. The van der Waals surface area contributed by atoms with Gasteiger partial charge >= 0.3 is 0 Å². The van der Waals surface area contributed by atoms with Crippen LogP contribution < -0.4 is 10.9 Å². The predicted molar refractivity (Wildman–Crippen MR) is 71.6 cm³/mol. The van der Waals surface area contributed by atoms with E-state index in [0.717, 1.165) is 17.6 Å². The first-order chi connectivity index (χ1) is 8.79. The molecule has 0 aliphatic heterocycles. The third kappa shape index (κ3) is 2.04. The van der Waals surface area contributed by atoms with Gasteiger partial charge in [-0.2, -0.15) is 0 Å². The van der Waals surface area contributed by atoms with Crippen molar-refractivity contribution in [1.82, 2.24) is 14.9 Å². The minimum absolute atomic E-state index is 0.0189. The van der Waals surface area contributed by atoms with Crippen LogP contribution in [-0.2, 0) is 6.54 Å². The molecule has 18 heavy (non-hydrogen) atoms. The van der Waals surface area contributed by atoms with E-state index in [0.29, 0.717) is 12.0 Å². The van der Waals surface area contributed by atoms with Crippen molar-refractivity contribution in [3.63, 3.8) is 0 Å². The van der Waals surface area contributed by atoms with Gasteiger partial charge in [0.05, 0.1) is 17.2 Å². The second-order valence-corrected chi connectivity index (χ2v) is 4.93. The first-order valence-electron chi connectivity index (χ1n) is 6.41. The zero-order valence-electron chi connectivity index (χ0n) is 10.5. The van der Waals surface area contributed by atoms with Crippen LogP contribution in [0.25, 0.3) is 11.0 Å². The molecule has 0 spiro atoms. The number of fused-ring (bicyclic) bond motifs is 1. The van der Waals surface area contributed by atoms with Crippen molar-refractivity contribution in [2.75, 3.05) is 7.05 Å². The number of para-hydroxylation sites is 2. The Balaban J connectivity index is 2.04. The Hall–Kier alpha value is -1.68. The molecule has 1 saturated carbocycles. The van der Waals surface area contributed by atoms with Gasteiger partial charge in [0.2, 0.25) is 0 Å². The van der Waals surface area contributed by atoms with E-state index in [1.54, 1.807) is 0 Å². The predicted octanol–water partition coefficient (Wildman–Crippen LogP) is 1.39. The second kappa shape index (κ2) is 4.53. The quantitative estimate of drug-likeness (QED) is 0.883. The second-order valence-electron chi connectivity index (χ2n) is 4.93. The fourth-order valence-electron chi connectivity index (χ4n) is 2.47. The third-order valence-corrected chi connectivity index (χ3v) is 3.69. The first-order valence-corrected chi connectivity index (χ1v) is 6.41. The normalized spacial score (nSPS) is 16.9. The van der Waals surface area contributed by atoms with Gasteiger partial charge in [0.15, 0.2) is 0 Å². The molecule has 0 bridgehead atoms. The largest absolute Gasteiger partial charge is 0.315 e. The molecule has 0 radical (unpaired) electrons. The summed E-state index contributed by atoms with van der Waals surface area (Å²) in [6.07, 6.45) is 3.95. The van der Waals surface area contributed by atoms with Crippen LogP contribution >= 0.6 is 0 Å². The van der Waals surface area contributed by atoms with Crippen LogP contribution in [0.2, 0.25) is 0 Å². The third-order valence-electron chi connectivity index (χ3n) is 3.69. The molecule has 1 atom stereocenters. The molecule has 3 rings (SSSR count). The average Bonchev–Trinajstić information content (AvgIpc) is 3.22. The van der Waals surface area contributed by atoms with Crippen molar-refractivity contribution in [2.24, 2.45) is 5.92 Å². The molecule has 1 aromatic heterocycles. The van der Waals surface area contributed by atoms with E-state index < -0.39 is 0 Å². The molecule has 1 N–H and O–H groups in total. The van der Waals surface area contributed by atoms with E-state index in [1.807, 2.05) is 35.9 Å². The molecule has 1 aliphatic carbocycles. The van der Waals surface area contributed by atoms with E-state index in [2.05, 4.69) is 10.3 Å². The van der Waals surface area contributed by atoms with E-state index in [-0.39, 0.29) is 5.56 Å². The van der Waals surface area contributed by atoms with Crippen molar-refractivity contribution in [3.8, 4) is 0 Å². The zero-order chi connectivity index (χ0) is 12.5. The molecule has 4 heteroatoms. The standard InChI is InChI=1S/C14H17N3O/c1-15-12(10-6-7-10)9-17-13-5-3-2-4-11(13)16-8-14(17)18/h2-5,8,10,12,15H,6-7,9H2,1H3. The minimum Gasteiger partial charge on any atom is -0.315 e. The monoisotopic (exact) mass is 243 g/mol. The summed E-state index contributed by atoms with van der Waals surface area (Å²) in [6.45, 7) is 0.725. The number of aromatic nitrogens is 2. The molecule has 1 heterocycles. The van der Waals surface area contributed by atoms with Crippen molar-refractivity contribution in [1.29, 1.82) is 0 Å². The maximum absolute atomic E-state index is 12.0. The molecule has 2 aromatic rings. The first kappa shape index (κ1) is 11.4. The van der Waals surface area contributed by atoms with Gasteiger partial charge < -0.3 is 9.88 Å². The summed E-state index contributed by atoms with van der Waals surface area (Å²) in [6, 6.07) is 8.18.